The maximum atomic E-state index is 11.1. The molecule has 0 aliphatic carbocycles. The van der Waals surface area contributed by atoms with E-state index in [1.165, 1.54) is 7.11 Å². The third-order valence-electron chi connectivity index (χ3n) is 1.82. The van der Waals surface area contributed by atoms with Crippen LogP contribution in [-0.4, -0.2) is 18.0 Å². The molecule has 0 saturated carbocycles. The average molecular weight is 164 g/mol. The van der Waals surface area contributed by atoms with Crippen LogP contribution in [0, 0.1) is 0 Å². The second kappa shape index (κ2) is 2.48. The molecule has 2 rings (SSSR count). The van der Waals surface area contributed by atoms with Gasteiger partial charge in [-0.25, -0.2) is 4.98 Å². The summed E-state index contributed by atoms with van der Waals surface area (Å²) in [6.07, 6.45) is 0. The van der Waals surface area contributed by atoms with Gasteiger partial charge in [-0.2, -0.15) is 0 Å². The maximum Gasteiger partial charge on any atom is 0.270 e. The minimum Gasteiger partial charge on any atom is -0.481 e. The Balaban J connectivity index is 2.50. The number of amides is 1. The van der Waals surface area contributed by atoms with Gasteiger partial charge in [0.05, 0.1) is 7.11 Å². The number of hydrogen-bond donors (Lipinski definition) is 1. The van der Waals surface area contributed by atoms with E-state index >= 15 is 0 Å². The predicted molar refractivity (Wildman–Crippen MR) is 42.0 cm³/mol. The average Bonchev–Trinajstić information content (AvgIpc) is 2.47. The van der Waals surface area contributed by atoms with Crippen molar-refractivity contribution in [2.24, 2.45) is 0 Å². The van der Waals surface area contributed by atoms with E-state index in [4.69, 9.17) is 4.74 Å². The summed E-state index contributed by atoms with van der Waals surface area (Å²) < 4.78 is 4.90. The molecule has 1 aromatic rings. The van der Waals surface area contributed by atoms with Crippen molar-refractivity contribution >= 4 is 5.91 Å². The second-order valence-electron chi connectivity index (χ2n) is 2.54. The Bertz CT molecular complexity index is 336. The third-order valence-corrected chi connectivity index (χ3v) is 1.82. The zero-order chi connectivity index (χ0) is 8.55. The quantitative estimate of drug-likeness (QED) is 0.650. The fourth-order valence-corrected chi connectivity index (χ4v) is 1.18. The summed E-state index contributed by atoms with van der Waals surface area (Å²) in [5.41, 5.74) is 1.41. The number of rotatable bonds is 1. The Hall–Kier alpha value is -1.58. The molecule has 2 heterocycles. The number of carbonyl (C=O) groups is 1. The van der Waals surface area contributed by atoms with Gasteiger partial charge in [-0.15, -0.1) is 0 Å². The Labute approximate surface area is 69.6 Å². The van der Waals surface area contributed by atoms with Crippen molar-refractivity contribution < 1.29 is 9.53 Å². The van der Waals surface area contributed by atoms with Crippen molar-refractivity contribution in [2.45, 2.75) is 6.54 Å². The molecule has 1 aromatic heterocycles. The first-order valence-electron chi connectivity index (χ1n) is 3.63. The standard InChI is InChI=1S/C8H8N2O2/c1-12-6-3-2-5-4-9-8(11)7(5)10-6/h2-3H,4H2,1H3,(H,9,11). The Kier molecular flexibility index (Phi) is 1.46. The van der Waals surface area contributed by atoms with Crippen LogP contribution in [-0.2, 0) is 6.54 Å². The molecule has 0 fully saturated rings. The lowest BCUT2D eigenvalue weighted by molar-refractivity contribution is 0.0961. The monoisotopic (exact) mass is 164 g/mol. The van der Waals surface area contributed by atoms with Gasteiger partial charge >= 0.3 is 0 Å². The first kappa shape index (κ1) is 7.09. The largest absolute Gasteiger partial charge is 0.481 e. The van der Waals surface area contributed by atoms with E-state index in [0.29, 0.717) is 18.1 Å². The second-order valence-corrected chi connectivity index (χ2v) is 2.54. The highest BCUT2D eigenvalue weighted by atomic mass is 16.5. The van der Waals surface area contributed by atoms with Crippen molar-refractivity contribution in [1.82, 2.24) is 10.3 Å². The molecule has 62 valence electrons. The topological polar surface area (TPSA) is 51.2 Å². The van der Waals surface area contributed by atoms with Crippen LogP contribution in [0.15, 0.2) is 12.1 Å². The molecule has 1 aliphatic rings. The lowest BCUT2D eigenvalue weighted by atomic mass is 10.2. The van der Waals surface area contributed by atoms with Crippen LogP contribution in [0.2, 0.25) is 0 Å². The van der Waals surface area contributed by atoms with Crippen molar-refractivity contribution in [3.05, 3.63) is 23.4 Å². The van der Waals surface area contributed by atoms with Crippen molar-refractivity contribution in [1.29, 1.82) is 0 Å². The molecule has 12 heavy (non-hydrogen) atoms. The zero-order valence-corrected chi connectivity index (χ0v) is 6.63. The lowest BCUT2D eigenvalue weighted by Gasteiger charge is -1.98. The van der Waals surface area contributed by atoms with E-state index in [-0.39, 0.29) is 5.91 Å². The molecule has 0 bridgehead atoms. The summed E-state index contributed by atoms with van der Waals surface area (Å²) in [5.74, 6) is 0.356. The fraction of sp³-hybridized carbons (Fsp3) is 0.250. The molecule has 1 aliphatic heterocycles. The summed E-state index contributed by atoms with van der Waals surface area (Å²) >= 11 is 0. The van der Waals surface area contributed by atoms with Crippen LogP contribution in [0.25, 0.3) is 0 Å². The van der Waals surface area contributed by atoms with Gasteiger partial charge in [-0.1, -0.05) is 0 Å². The molecule has 1 N–H and O–H groups in total. The van der Waals surface area contributed by atoms with E-state index < -0.39 is 0 Å². The summed E-state index contributed by atoms with van der Waals surface area (Å²) in [7, 11) is 1.53. The fourth-order valence-electron chi connectivity index (χ4n) is 1.18. The molecule has 0 aromatic carbocycles. The van der Waals surface area contributed by atoms with E-state index in [1.54, 1.807) is 6.07 Å². The number of methoxy groups -OCH3 is 1. The van der Waals surface area contributed by atoms with E-state index in [9.17, 15) is 4.79 Å². The van der Waals surface area contributed by atoms with Crippen molar-refractivity contribution in [2.75, 3.05) is 7.11 Å². The molecule has 4 nitrogen and oxygen atoms in total. The number of ether oxygens (including phenoxy) is 1. The number of aromatic nitrogens is 1. The van der Waals surface area contributed by atoms with Crippen LogP contribution in [0.1, 0.15) is 16.1 Å². The lowest BCUT2D eigenvalue weighted by Crippen LogP contribution is -2.13. The van der Waals surface area contributed by atoms with Crippen molar-refractivity contribution in [3.8, 4) is 5.88 Å². The van der Waals surface area contributed by atoms with Gasteiger partial charge < -0.3 is 10.1 Å². The number of fused-ring (bicyclic) bond motifs is 1. The van der Waals surface area contributed by atoms with Crippen molar-refractivity contribution in [3.63, 3.8) is 0 Å². The van der Waals surface area contributed by atoms with Gasteiger partial charge in [-0.05, 0) is 6.07 Å². The molecule has 4 heteroatoms. The summed E-state index contributed by atoms with van der Waals surface area (Å²) in [6, 6.07) is 3.60. The Morgan fingerprint density at radius 1 is 1.58 bits per heavy atom. The number of nitrogens with zero attached hydrogens (tertiary/aromatic N) is 1. The number of carbonyl (C=O) groups excluding carboxylic acids is 1. The first-order chi connectivity index (χ1) is 5.81. The van der Waals surface area contributed by atoms with Gasteiger partial charge in [0.2, 0.25) is 5.88 Å². The van der Waals surface area contributed by atoms with Gasteiger partial charge in [0, 0.05) is 18.2 Å². The maximum absolute atomic E-state index is 11.1. The summed E-state index contributed by atoms with van der Waals surface area (Å²) in [4.78, 5) is 15.1. The van der Waals surface area contributed by atoms with Crippen LogP contribution in [0.4, 0.5) is 0 Å². The highest BCUT2D eigenvalue weighted by Gasteiger charge is 2.20. The minimum absolute atomic E-state index is 0.121. The summed E-state index contributed by atoms with van der Waals surface area (Å²) in [5, 5.41) is 2.68. The smallest absolute Gasteiger partial charge is 0.270 e. The Morgan fingerprint density at radius 2 is 2.42 bits per heavy atom. The van der Waals surface area contributed by atoms with E-state index in [1.807, 2.05) is 6.07 Å². The number of hydrogen-bond acceptors (Lipinski definition) is 3. The van der Waals surface area contributed by atoms with Crippen LogP contribution in [0.3, 0.4) is 0 Å². The van der Waals surface area contributed by atoms with Gasteiger partial charge in [0.1, 0.15) is 5.69 Å². The molecule has 0 radical (unpaired) electrons. The SMILES string of the molecule is COc1ccc2c(n1)C(=O)NC2. The molecule has 0 saturated heterocycles. The van der Waals surface area contributed by atoms with Crippen LogP contribution >= 0.6 is 0 Å². The number of nitrogens with one attached hydrogen (secondary N) is 1. The first-order valence-corrected chi connectivity index (χ1v) is 3.63. The normalized spacial score (nSPS) is 13.9. The third kappa shape index (κ3) is 0.922. The molecule has 0 unspecified atom stereocenters. The van der Waals surface area contributed by atoms with Crippen LogP contribution in [0.5, 0.6) is 5.88 Å². The molecular weight excluding hydrogens is 156 g/mol. The van der Waals surface area contributed by atoms with Gasteiger partial charge in [0.15, 0.2) is 0 Å². The predicted octanol–water partition coefficient (Wildman–Crippen LogP) is 0.334. The number of pyridine rings is 1. The van der Waals surface area contributed by atoms with E-state index in [0.717, 1.165) is 5.56 Å². The minimum atomic E-state index is -0.121. The van der Waals surface area contributed by atoms with Crippen LogP contribution < -0.4 is 10.1 Å². The van der Waals surface area contributed by atoms with Gasteiger partial charge in [-0.3, -0.25) is 4.79 Å². The highest BCUT2D eigenvalue weighted by molar-refractivity contribution is 5.96. The molecule has 0 atom stereocenters. The Morgan fingerprint density at radius 3 is 3.17 bits per heavy atom. The molecule has 0 spiro atoms. The highest BCUT2D eigenvalue weighted by Crippen LogP contribution is 2.16. The summed E-state index contributed by atoms with van der Waals surface area (Å²) in [6.45, 7) is 0.575. The zero-order valence-electron chi connectivity index (χ0n) is 6.63. The molecular formula is C8H8N2O2. The molecule has 1 amide bonds. The van der Waals surface area contributed by atoms with E-state index in [2.05, 4.69) is 10.3 Å². The van der Waals surface area contributed by atoms with Gasteiger partial charge in [0.25, 0.3) is 5.91 Å².